The van der Waals surface area contributed by atoms with Gasteiger partial charge in [0, 0.05) is 6.54 Å². The maximum absolute atomic E-state index is 6.44. The van der Waals surface area contributed by atoms with E-state index in [1.54, 1.807) is 0 Å². The topological polar surface area (TPSA) is 21.3 Å². The molecule has 2 fully saturated rings. The van der Waals surface area contributed by atoms with Crippen LogP contribution in [0, 0.1) is 5.92 Å². The number of likely N-dealkylation sites (N-methyl/N-ethyl adjacent to an activating group) is 1. The number of ether oxygens (including phenoxy) is 1. The summed E-state index contributed by atoms with van der Waals surface area (Å²) >= 11 is 0. The summed E-state index contributed by atoms with van der Waals surface area (Å²) in [6, 6.07) is 0. The summed E-state index contributed by atoms with van der Waals surface area (Å²) < 4.78 is 6.44. The lowest BCUT2D eigenvalue weighted by molar-refractivity contribution is -0.0821. The molecule has 0 radical (unpaired) electrons. The molecule has 0 spiro atoms. The van der Waals surface area contributed by atoms with Crippen LogP contribution in [0.4, 0.5) is 0 Å². The van der Waals surface area contributed by atoms with Gasteiger partial charge in [-0.2, -0.15) is 0 Å². The molecular weight excluding hydrogens is 222 g/mol. The van der Waals surface area contributed by atoms with Crippen molar-refractivity contribution in [3.63, 3.8) is 0 Å². The van der Waals surface area contributed by atoms with Gasteiger partial charge in [0.1, 0.15) is 0 Å². The summed E-state index contributed by atoms with van der Waals surface area (Å²) in [6.45, 7) is 2.06. The number of rotatable bonds is 5. The van der Waals surface area contributed by atoms with Gasteiger partial charge in [-0.15, -0.1) is 0 Å². The number of hydrogen-bond donors (Lipinski definition) is 1. The van der Waals surface area contributed by atoms with Gasteiger partial charge in [0.15, 0.2) is 0 Å². The Labute approximate surface area is 113 Å². The van der Waals surface area contributed by atoms with E-state index < -0.39 is 0 Å². The number of nitrogens with one attached hydrogen (secondary N) is 1. The summed E-state index contributed by atoms with van der Waals surface area (Å²) in [5.74, 6) is 0.836. The van der Waals surface area contributed by atoms with E-state index in [1.807, 2.05) is 0 Å². The molecule has 0 saturated heterocycles. The molecule has 0 aromatic rings. The Hall–Kier alpha value is -0.0800. The van der Waals surface area contributed by atoms with Crippen LogP contribution in [0.15, 0.2) is 0 Å². The average molecular weight is 253 g/mol. The second-order valence-electron chi connectivity index (χ2n) is 6.44. The minimum atomic E-state index is 0.166. The predicted molar refractivity (Wildman–Crippen MR) is 76.9 cm³/mol. The monoisotopic (exact) mass is 253 g/mol. The Morgan fingerprint density at radius 1 is 0.944 bits per heavy atom. The normalized spacial score (nSPS) is 25.8. The summed E-state index contributed by atoms with van der Waals surface area (Å²) in [6.07, 6.45) is 15.2. The Kier molecular flexibility index (Phi) is 5.97. The van der Waals surface area contributed by atoms with Crippen LogP contribution in [-0.2, 0) is 4.74 Å². The zero-order valence-electron chi connectivity index (χ0n) is 12.2. The maximum atomic E-state index is 6.44. The Bertz CT molecular complexity index is 210. The molecule has 2 saturated carbocycles. The highest BCUT2D eigenvalue weighted by molar-refractivity contribution is 4.86. The summed E-state index contributed by atoms with van der Waals surface area (Å²) in [5.41, 5.74) is 0.166. The Morgan fingerprint density at radius 2 is 1.56 bits per heavy atom. The molecular formula is C16H31NO. The van der Waals surface area contributed by atoms with Crippen molar-refractivity contribution in [1.29, 1.82) is 0 Å². The van der Waals surface area contributed by atoms with Gasteiger partial charge >= 0.3 is 0 Å². The van der Waals surface area contributed by atoms with Crippen molar-refractivity contribution in [3.8, 4) is 0 Å². The smallest absolute Gasteiger partial charge is 0.0806 e. The zero-order valence-corrected chi connectivity index (χ0v) is 12.2. The molecule has 106 valence electrons. The highest BCUT2D eigenvalue weighted by Gasteiger charge is 2.33. The van der Waals surface area contributed by atoms with Crippen LogP contribution in [0.1, 0.15) is 70.6 Å². The molecule has 18 heavy (non-hydrogen) atoms. The average Bonchev–Trinajstić information content (AvgIpc) is 2.67. The molecule has 0 unspecified atom stereocenters. The van der Waals surface area contributed by atoms with E-state index in [4.69, 9.17) is 4.74 Å². The van der Waals surface area contributed by atoms with E-state index in [1.165, 1.54) is 70.6 Å². The molecule has 1 N–H and O–H groups in total. The lowest BCUT2D eigenvalue weighted by Crippen LogP contribution is -2.44. The fourth-order valence-corrected chi connectivity index (χ4v) is 3.72. The highest BCUT2D eigenvalue weighted by atomic mass is 16.5. The predicted octanol–water partition coefficient (Wildman–Crippen LogP) is 3.90. The van der Waals surface area contributed by atoms with Gasteiger partial charge < -0.3 is 10.1 Å². The van der Waals surface area contributed by atoms with Crippen LogP contribution in [-0.4, -0.2) is 25.8 Å². The lowest BCUT2D eigenvalue weighted by Gasteiger charge is -2.38. The third kappa shape index (κ3) is 4.24. The summed E-state index contributed by atoms with van der Waals surface area (Å²) in [7, 11) is 2.06. The van der Waals surface area contributed by atoms with Crippen LogP contribution in [0.3, 0.4) is 0 Å². The van der Waals surface area contributed by atoms with E-state index >= 15 is 0 Å². The molecule has 0 bridgehead atoms. The van der Waals surface area contributed by atoms with E-state index in [2.05, 4.69) is 12.4 Å². The second-order valence-corrected chi connectivity index (χ2v) is 6.44. The van der Waals surface area contributed by atoms with Gasteiger partial charge in [0.05, 0.1) is 12.2 Å². The molecule has 2 nitrogen and oxygen atoms in total. The first-order valence-corrected chi connectivity index (χ1v) is 8.13. The Balaban J connectivity index is 1.80. The molecule has 0 atom stereocenters. The van der Waals surface area contributed by atoms with Crippen molar-refractivity contribution >= 4 is 0 Å². The molecule has 2 aliphatic carbocycles. The van der Waals surface area contributed by atoms with E-state index in [0.717, 1.165) is 19.1 Å². The fourth-order valence-electron chi connectivity index (χ4n) is 3.72. The van der Waals surface area contributed by atoms with Crippen LogP contribution in [0.2, 0.25) is 0 Å². The van der Waals surface area contributed by atoms with Crippen LogP contribution in [0.5, 0.6) is 0 Å². The van der Waals surface area contributed by atoms with Gasteiger partial charge in [-0.3, -0.25) is 0 Å². The van der Waals surface area contributed by atoms with Crippen molar-refractivity contribution in [2.24, 2.45) is 5.92 Å². The third-order valence-electron chi connectivity index (χ3n) is 4.86. The quantitative estimate of drug-likeness (QED) is 0.750. The van der Waals surface area contributed by atoms with E-state index in [-0.39, 0.29) is 5.60 Å². The SMILES string of the molecule is CNCC1(OCC2CCCCCC2)CCCCC1. The van der Waals surface area contributed by atoms with Crippen molar-refractivity contribution in [2.75, 3.05) is 20.2 Å². The van der Waals surface area contributed by atoms with Gasteiger partial charge in [-0.25, -0.2) is 0 Å². The van der Waals surface area contributed by atoms with E-state index in [0.29, 0.717) is 0 Å². The van der Waals surface area contributed by atoms with Crippen molar-refractivity contribution in [2.45, 2.75) is 76.2 Å². The molecule has 0 aromatic heterocycles. The highest BCUT2D eigenvalue weighted by Crippen LogP contribution is 2.33. The second kappa shape index (κ2) is 7.49. The van der Waals surface area contributed by atoms with Crippen molar-refractivity contribution in [1.82, 2.24) is 5.32 Å². The van der Waals surface area contributed by atoms with Crippen molar-refractivity contribution < 1.29 is 4.74 Å². The molecule has 0 amide bonds. The van der Waals surface area contributed by atoms with E-state index in [9.17, 15) is 0 Å². The zero-order chi connectivity index (χ0) is 12.7. The molecule has 0 heterocycles. The maximum Gasteiger partial charge on any atom is 0.0806 e. The summed E-state index contributed by atoms with van der Waals surface area (Å²) in [5, 5.41) is 3.35. The minimum absolute atomic E-state index is 0.166. The first kappa shape index (κ1) is 14.3. The molecule has 2 rings (SSSR count). The largest absolute Gasteiger partial charge is 0.373 e. The first-order chi connectivity index (χ1) is 8.85. The molecule has 2 heteroatoms. The summed E-state index contributed by atoms with van der Waals surface area (Å²) in [4.78, 5) is 0. The van der Waals surface area contributed by atoms with Crippen LogP contribution >= 0.6 is 0 Å². The minimum Gasteiger partial charge on any atom is -0.373 e. The standard InChI is InChI=1S/C16H31NO/c1-17-14-16(11-7-4-8-12-16)18-13-15-9-5-2-3-6-10-15/h15,17H,2-14H2,1H3. The van der Waals surface area contributed by atoms with Gasteiger partial charge in [-0.05, 0) is 38.6 Å². The Morgan fingerprint density at radius 3 is 2.17 bits per heavy atom. The van der Waals surface area contributed by atoms with Gasteiger partial charge in [-0.1, -0.05) is 44.9 Å². The first-order valence-electron chi connectivity index (χ1n) is 8.13. The van der Waals surface area contributed by atoms with Crippen molar-refractivity contribution in [3.05, 3.63) is 0 Å². The molecule has 2 aliphatic rings. The third-order valence-corrected chi connectivity index (χ3v) is 4.86. The molecule has 0 aliphatic heterocycles. The molecule has 0 aromatic carbocycles. The number of hydrogen-bond acceptors (Lipinski definition) is 2. The van der Waals surface area contributed by atoms with Gasteiger partial charge in [0.2, 0.25) is 0 Å². The van der Waals surface area contributed by atoms with Crippen LogP contribution < -0.4 is 5.32 Å². The van der Waals surface area contributed by atoms with Crippen LogP contribution in [0.25, 0.3) is 0 Å². The fraction of sp³-hybridized carbons (Fsp3) is 1.00. The van der Waals surface area contributed by atoms with Gasteiger partial charge in [0.25, 0.3) is 0 Å². The lowest BCUT2D eigenvalue weighted by atomic mass is 9.84.